The molecular formula is C15H17F2NO3. The van der Waals surface area contributed by atoms with Gasteiger partial charge in [-0.05, 0) is 43.9 Å². The van der Waals surface area contributed by atoms with E-state index in [0.717, 1.165) is 12.1 Å². The zero-order valence-electron chi connectivity index (χ0n) is 11.7. The Morgan fingerprint density at radius 1 is 1.14 bits per heavy atom. The molecule has 1 aliphatic carbocycles. The summed E-state index contributed by atoms with van der Waals surface area (Å²) in [5.74, 6) is -2.80. The van der Waals surface area contributed by atoms with E-state index in [9.17, 15) is 18.4 Å². The van der Waals surface area contributed by atoms with E-state index in [0.29, 0.717) is 25.7 Å². The molecule has 6 heteroatoms. The largest absolute Gasteiger partial charge is 0.469 e. The monoisotopic (exact) mass is 297 g/mol. The third kappa shape index (κ3) is 3.77. The molecule has 1 saturated carbocycles. The maximum absolute atomic E-state index is 13.1. The quantitative estimate of drug-likeness (QED) is 0.872. The molecule has 0 aromatic heterocycles. The van der Waals surface area contributed by atoms with Crippen LogP contribution in [-0.4, -0.2) is 25.0 Å². The third-order valence-corrected chi connectivity index (χ3v) is 3.78. The molecule has 0 spiro atoms. The Bertz CT molecular complexity index is 540. The molecule has 0 heterocycles. The highest BCUT2D eigenvalue weighted by Crippen LogP contribution is 2.25. The first kappa shape index (κ1) is 15.4. The number of ether oxygens (including phenoxy) is 1. The Labute approximate surface area is 121 Å². The lowest BCUT2D eigenvalue weighted by Crippen LogP contribution is -2.38. The summed E-state index contributed by atoms with van der Waals surface area (Å²) in [7, 11) is 1.36. The molecule has 1 aliphatic rings. The van der Waals surface area contributed by atoms with Crippen LogP contribution >= 0.6 is 0 Å². The Balaban J connectivity index is 1.89. The standard InChI is InChI=1S/C15H17F2NO3/c1-21-15(20)9-2-5-11(6-3-9)18-14(19)10-4-7-12(16)13(17)8-10/h4,7-9,11H,2-3,5-6H2,1H3,(H,18,19). The number of benzene rings is 1. The van der Waals surface area contributed by atoms with Gasteiger partial charge in [0.05, 0.1) is 13.0 Å². The average Bonchev–Trinajstić information content (AvgIpc) is 2.50. The van der Waals surface area contributed by atoms with Crippen LogP contribution < -0.4 is 5.32 Å². The van der Waals surface area contributed by atoms with Crippen molar-refractivity contribution >= 4 is 11.9 Å². The van der Waals surface area contributed by atoms with Gasteiger partial charge in [-0.3, -0.25) is 9.59 Å². The summed E-state index contributed by atoms with van der Waals surface area (Å²) < 4.78 is 30.6. The minimum Gasteiger partial charge on any atom is -0.469 e. The first-order valence-electron chi connectivity index (χ1n) is 6.85. The van der Waals surface area contributed by atoms with E-state index in [2.05, 4.69) is 5.32 Å². The van der Waals surface area contributed by atoms with Crippen LogP contribution in [0.2, 0.25) is 0 Å². The van der Waals surface area contributed by atoms with Crippen molar-refractivity contribution < 1.29 is 23.1 Å². The molecular weight excluding hydrogens is 280 g/mol. The van der Waals surface area contributed by atoms with Crippen molar-refractivity contribution in [1.82, 2.24) is 5.32 Å². The lowest BCUT2D eigenvalue weighted by molar-refractivity contribution is -0.146. The van der Waals surface area contributed by atoms with Crippen molar-refractivity contribution in [2.24, 2.45) is 5.92 Å². The molecule has 114 valence electrons. The number of amides is 1. The highest BCUT2D eigenvalue weighted by atomic mass is 19.2. The molecule has 0 aliphatic heterocycles. The van der Waals surface area contributed by atoms with Gasteiger partial charge in [-0.15, -0.1) is 0 Å². The van der Waals surface area contributed by atoms with Crippen molar-refractivity contribution in [3.63, 3.8) is 0 Å². The smallest absolute Gasteiger partial charge is 0.308 e. The Morgan fingerprint density at radius 2 is 1.81 bits per heavy atom. The van der Waals surface area contributed by atoms with Gasteiger partial charge < -0.3 is 10.1 Å². The Hall–Kier alpha value is -1.98. The topological polar surface area (TPSA) is 55.4 Å². The Morgan fingerprint density at radius 3 is 2.38 bits per heavy atom. The van der Waals surface area contributed by atoms with Crippen molar-refractivity contribution in [2.75, 3.05) is 7.11 Å². The third-order valence-electron chi connectivity index (χ3n) is 3.78. The second kappa shape index (κ2) is 6.65. The van der Waals surface area contributed by atoms with Gasteiger partial charge in [0.25, 0.3) is 5.91 Å². The maximum atomic E-state index is 13.1. The summed E-state index contributed by atoms with van der Waals surface area (Å²) in [6, 6.07) is 2.99. The molecule has 0 atom stereocenters. The van der Waals surface area contributed by atoms with Gasteiger partial charge in [0.15, 0.2) is 11.6 Å². The van der Waals surface area contributed by atoms with Crippen molar-refractivity contribution in [3.05, 3.63) is 35.4 Å². The molecule has 1 aromatic carbocycles. The van der Waals surface area contributed by atoms with Gasteiger partial charge in [0.2, 0.25) is 0 Å². The van der Waals surface area contributed by atoms with Gasteiger partial charge in [0.1, 0.15) is 0 Å². The van der Waals surface area contributed by atoms with Crippen LogP contribution in [0, 0.1) is 17.6 Å². The van der Waals surface area contributed by atoms with Gasteiger partial charge in [0, 0.05) is 11.6 Å². The van der Waals surface area contributed by atoms with Crippen LogP contribution in [0.1, 0.15) is 36.0 Å². The summed E-state index contributed by atoms with van der Waals surface area (Å²) in [4.78, 5) is 23.4. The zero-order valence-corrected chi connectivity index (χ0v) is 11.7. The fraction of sp³-hybridized carbons (Fsp3) is 0.467. The zero-order chi connectivity index (χ0) is 15.4. The maximum Gasteiger partial charge on any atom is 0.308 e. The first-order chi connectivity index (χ1) is 10.0. The van der Waals surface area contributed by atoms with Gasteiger partial charge in [-0.2, -0.15) is 0 Å². The Kier molecular flexibility index (Phi) is 4.88. The molecule has 4 nitrogen and oxygen atoms in total. The van der Waals surface area contributed by atoms with Crippen LogP contribution in [-0.2, 0) is 9.53 Å². The van der Waals surface area contributed by atoms with E-state index in [-0.39, 0.29) is 23.5 Å². The minimum absolute atomic E-state index is 0.0634. The lowest BCUT2D eigenvalue weighted by atomic mass is 9.86. The van der Waals surface area contributed by atoms with E-state index in [1.54, 1.807) is 0 Å². The summed E-state index contributed by atoms with van der Waals surface area (Å²) >= 11 is 0. The van der Waals surface area contributed by atoms with Gasteiger partial charge in [-0.25, -0.2) is 8.78 Å². The lowest BCUT2D eigenvalue weighted by Gasteiger charge is -2.27. The van der Waals surface area contributed by atoms with E-state index >= 15 is 0 Å². The van der Waals surface area contributed by atoms with Crippen molar-refractivity contribution in [3.8, 4) is 0 Å². The number of nitrogens with one attached hydrogen (secondary N) is 1. The summed E-state index contributed by atoms with van der Waals surface area (Å²) in [6.45, 7) is 0. The van der Waals surface area contributed by atoms with Crippen LogP contribution in [0.4, 0.5) is 8.78 Å². The van der Waals surface area contributed by atoms with E-state index in [1.807, 2.05) is 0 Å². The highest BCUT2D eigenvalue weighted by molar-refractivity contribution is 5.94. The van der Waals surface area contributed by atoms with Crippen LogP contribution in [0.3, 0.4) is 0 Å². The SMILES string of the molecule is COC(=O)C1CCC(NC(=O)c2ccc(F)c(F)c2)CC1. The first-order valence-corrected chi connectivity index (χ1v) is 6.85. The number of halogens is 2. The molecule has 21 heavy (non-hydrogen) atoms. The number of hydrogen-bond acceptors (Lipinski definition) is 3. The average molecular weight is 297 g/mol. The molecule has 0 radical (unpaired) electrons. The molecule has 1 amide bonds. The van der Waals surface area contributed by atoms with Crippen molar-refractivity contribution in [1.29, 1.82) is 0 Å². The fourth-order valence-electron chi connectivity index (χ4n) is 2.55. The fourth-order valence-corrected chi connectivity index (χ4v) is 2.55. The second-order valence-corrected chi connectivity index (χ2v) is 5.17. The number of methoxy groups -OCH3 is 1. The molecule has 1 fully saturated rings. The molecule has 0 saturated heterocycles. The number of esters is 1. The molecule has 1 aromatic rings. The number of hydrogen-bond donors (Lipinski definition) is 1. The molecule has 0 unspecified atom stereocenters. The minimum atomic E-state index is -1.04. The van der Waals surface area contributed by atoms with Gasteiger partial charge in [-0.1, -0.05) is 0 Å². The van der Waals surface area contributed by atoms with Crippen LogP contribution in [0.15, 0.2) is 18.2 Å². The predicted octanol–water partition coefficient (Wildman–Crippen LogP) is 2.43. The summed E-state index contributed by atoms with van der Waals surface area (Å²) in [6.07, 6.45) is 2.62. The van der Waals surface area contributed by atoms with Gasteiger partial charge >= 0.3 is 5.97 Å². The number of carbonyl (C=O) groups is 2. The molecule has 1 N–H and O–H groups in total. The normalized spacial score (nSPS) is 21.7. The molecule has 0 bridgehead atoms. The second-order valence-electron chi connectivity index (χ2n) is 5.17. The van der Waals surface area contributed by atoms with Crippen LogP contribution in [0.25, 0.3) is 0 Å². The van der Waals surface area contributed by atoms with Crippen LogP contribution in [0.5, 0.6) is 0 Å². The number of carbonyl (C=O) groups excluding carboxylic acids is 2. The van der Waals surface area contributed by atoms with E-state index < -0.39 is 17.5 Å². The highest BCUT2D eigenvalue weighted by Gasteiger charge is 2.27. The summed E-state index contributed by atoms with van der Waals surface area (Å²) in [5.41, 5.74) is 0.0870. The molecule has 2 rings (SSSR count). The number of rotatable bonds is 3. The van der Waals surface area contributed by atoms with E-state index in [1.165, 1.54) is 13.2 Å². The summed E-state index contributed by atoms with van der Waals surface area (Å²) in [5, 5.41) is 2.78. The van der Waals surface area contributed by atoms with E-state index in [4.69, 9.17) is 4.74 Å². The van der Waals surface area contributed by atoms with Crippen molar-refractivity contribution in [2.45, 2.75) is 31.7 Å². The predicted molar refractivity (Wildman–Crippen MR) is 71.6 cm³/mol.